The zero-order valence-corrected chi connectivity index (χ0v) is 15.5. The van der Waals surface area contributed by atoms with Crippen LogP contribution in [0, 0.1) is 0 Å². The van der Waals surface area contributed by atoms with E-state index in [1.165, 1.54) is 49.2 Å². The van der Waals surface area contributed by atoms with Crippen LogP contribution in [0.5, 0.6) is 5.75 Å². The van der Waals surface area contributed by atoms with Crippen molar-refractivity contribution in [2.24, 2.45) is 0 Å². The minimum atomic E-state index is 0.317. The summed E-state index contributed by atoms with van der Waals surface area (Å²) in [6.07, 6.45) is 4.02. The Morgan fingerprint density at radius 3 is 2.28 bits per heavy atom. The molecule has 1 N–H and O–H groups in total. The van der Waals surface area contributed by atoms with Gasteiger partial charge in [0.05, 0.1) is 6.61 Å². The number of rotatable bonds is 7. The van der Waals surface area contributed by atoms with Crippen LogP contribution < -0.4 is 15.0 Å². The molecule has 0 aromatic heterocycles. The quantitative estimate of drug-likeness (QED) is 0.775. The second-order valence-electron chi connectivity index (χ2n) is 6.82. The van der Waals surface area contributed by atoms with Crippen LogP contribution >= 0.6 is 0 Å². The summed E-state index contributed by atoms with van der Waals surface area (Å²) in [5.74, 6) is 0.937. The van der Waals surface area contributed by atoms with Gasteiger partial charge in [0.1, 0.15) is 5.75 Å². The Labute approximate surface area is 152 Å². The van der Waals surface area contributed by atoms with Gasteiger partial charge in [-0.3, -0.25) is 0 Å². The van der Waals surface area contributed by atoms with E-state index in [9.17, 15) is 0 Å². The second-order valence-corrected chi connectivity index (χ2v) is 6.82. The number of hydrogen-bond acceptors (Lipinski definition) is 3. The van der Waals surface area contributed by atoms with Crippen molar-refractivity contribution in [1.82, 2.24) is 5.32 Å². The summed E-state index contributed by atoms with van der Waals surface area (Å²) in [4.78, 5) is 2.50. The van der Waals surface area contributed by atoms with Crippen molar-refractivity contribution in [3.8, 4) is 5.75 Å². The largest absolute Gasteiger partial charge is 0.494 e. The first kappa shape index (κ1) is 17.8. The van der Waals surface area contributed by atoms with E-state index in [0.717, 1.165) is 12.3 Å². The molecular weight excluding hydrogens is 308 g/mol. The van der Waals surface area contributed by atoms with Crippen molar-refractivity contribution in [3.05, 3.63) is 59.7 Å². The average Bonchev–Trinajstić information content (AvgIpc) is 2.68. The van der Waals surface area contributed by atoms with Crippen LogP contribution in [0.1, 0.15) is 50.3 Å². The second kappa shape index (κ2) is 8.91. The van der Waals surface area contributed by atoms with E-state index in [-0.39, 0.29) is 0 Å². The molecule has 1 aliphatic rings. The van der Waals surface area contributed by atoms with Gasteiger partial charge < -0.3 is 15.0 Å². The van der Waals surface area contributed by atoms with Gasteiger partial charge in [0.2, 0.25) is 0 Å². The van der Waals surface area contributed by atoms with E-state index in [1.807, 2.05) is 19.1 Å². The van der Waals surface area contributed by atoms with Crippen molar-refractivity contribution in [2.75, 3.05) is 24.6 Å². The molecule has 25 heavy (non-hydrogen) atoms. The third kappa shape index (κ3) is 4.99. The number of ether oxygens (including phenoxy) is 1. The van der Waals surface area contributed by atoms with Gasteiger partial charge in [0, 0.05) is 31.4 Å². The molecule has 0 saturated carbocycles. The summed E-state index contributed by atoms with van der Waals surface area (Å²) in [5, 5.41) is 3.61. The average molecular weight is 338 g/mol. The van der Waals surface area contributed by atoms with Crippen LogP contribution in [0.25, 0.3) is 0 Å². The molecular formula is C22H30N2O. The van der Waals surface area contributed by atoms with Crippen molar-refractivity contribution in [2.45, 2.75) is 45.7 Å². The molecule has 2 aromatic carbocycles. The monoisotopic (exact) mass is 338 g/mol. The molecule has 0 bridgehead atoms. The summed E-state index contributed by atoms with van der Waals surface area (Å²) in [7, 11) is 0. The summed E-state index contributed by atoms with van der Waals surface area (Å²) >= 11 is 0. The lowest BCUT2D eigenvalue weighted by Crippen LogP contribution is -2.29. The summed E-state index contributed by atoms with van der Waals surface area (Å²) in [5.41, 5.74) is 3.98. The molecule has 3 heteroatoms. The predicted octanol–water partition coefficient (Wildman–Crippen LogP) is 4.93. The van der Waals surface area contributed by atoms with Gasteiger partial charge in [0.25, 0.3) is 0 Å². The first-order valence-electron chi connectivity index (χ1n) is 9.56. The fourth-order valence-electron chi connectivity index (χ4n) is 3.38. The van der Waals surface area contributed by atoms with Crippen molar-refractivity contribution in [1.29, 1.82) is 0 Å². The van der Waals surface area contributed by atoms with Crippen LogP contribution in [0.2, 0.25) is 0 Å². The first-order chi connectivity index (χ1) is 12.3. The zero-order chi connectivity index (χ0) is 17.5. The lowest BCUT2D eigenvalue weighted by molar-refractivity contribution is 0.340. The maximum Gasteiger partial charge on any atom is 0.119 e. The number of hydrogen-bond donors (Lipinski definition) is 1. The lowest BCUT2D eigenvalue weighted by atomic mass is 10.1. The van der Waals surface area contributed by atoms with E-state index < -0.39 is 0 Å². The molecule has 3 nitrogen and oxygen atoms in total. The molecule has 0 aliphatic carbocycles. The Kier molecular flexibility index (Phi) is 6.35. The van der Waals surface area contributed by atoms with Crippen LogP contribution in [0.3, 0.4) is 0 Å². The molecule has 1 saturated heterocycles. The van der Waals surface area contributed by atoms with Crippen LogP contribution in [-0.4, -0.2) is 19.7 Å². The third-order valence-corrected chi connectivity index (χ3v) is 4.96. The maximum absolute atomic E-state index is 5.51. The highest BCUT2D eigenvalue weighted by Gasteiger charge is 2.11. The number of anilines is 1. The van der Waals surface area contributed by atoms with E-state index in [2.05, 4.69) is 53.5 Å². The van der Waals surface area contributed by atoms with Gasteiger partial charge in [-0.05, 0) is 68.5 Å². The summed E-state index contributed by atoms with van der Waals surface area (Å²) < 4.78 is 5.51. The molecule has 2 aromatic rings. The van der Waals surface area contributed by atoms with Gasteiger partial charge in [-0.15, -0.1) is 0 Å². The standard InChI is InChI=1S/C22H30N2O/c1-3-25-22-13-9-20(10-14-22)18(2)23-17-19-7-11-21(12-8-19)24-15-5-4-6-16-24/h7-14,18,23H,3-6,15-17H2,1-2H3. The molecule has 134 valence electrons. The fourth-order valence-corrected chi connectivity index (χ4v) is 3.38. The molecule has 3 rings (SSSR count). The molecule has 0 amide bonds. The molecule has 0 spiro atoms. The number of nitrogens with one attached hydrogen (secondary N) is 1. The van der Waals surface area contributed by atoms with Crippen molar-refractivity contribution >= 4 is 5.69 Å². The lowest BCUT2D eigenvalue weighted by Gasteiger charge is -2.29. The highest BCUT2D eigenvalue weighted by molar-refractivity contribution is 5.47. The smallest absolute Gasteiger partial charge is 0.119 e. The number of benzene rings is 2. The fraction of sp³-hybridized carbons (Fsp3) is 0.455. The Morgan fingerprint density at radius 2 is 1.64 bits per heavy atom. The SMILES string of the molecule is CCOc1ccc(C(C)NCc2ccc(N3CCCCC3)cc2)cc1. The van der Waals surface area contributed by atoms with Crippen LogP contribution in [-0.2, 0) is 6.54 Å². The van der Waals surface area contributed by atoms with Gasteiger partial charge in [0.15, 0.2) is 0 Å². The highest BCUT2D eigenvalue weighted by atomic mass is 16.5. The van der Waals surface area contributed by atoms with Gasteiger partial charge in [-0.25, -0.2) is 0 Å². The van der Waals surface area contributed by atoms with Gasteiger partial charge in [-0.2, -0.15) is 0 Å². The highest BCUT2D eigenvalue weighted by Crippen LogP contribution is 2.21. The Bertz CT molecular complexity index is 630. The predicted molar refractivity (Wildman–Crippen MR) is 105 cm³/mol. The number of nitrogens with zero attached hydrogens (tertiary/aromatic N) is 1. The summed E-state index contributed by atoms with van der Waals surface area (Å²) in [6.45, 7) is 8.21. The van der Waals surface area contributed by atoms with Gasteiger partial charge in [-0.1, -0.05) is 24.3 Å². The molecule has 1 atom stereocenters. The van der Waals surface area contributed by atoms with Crippen LogP contribution in [0.4, 0.5) is 5.69 Å². The maximum atomic E-state index is 5.51. The first-order valence-corrected chi connectivity index (χ1v) is 9.56. The minimum absolute atomic E-state index is 0.317. The topological polar surface area (TPSA) is 24.5 Å². The Morgan fingerprint density at radius 1 is 0.960 bits per heavy atom. The molecule has 1 unspecified atom stereocenters. The van der Waals surface area contributed by atoms with E-state index in [4.69, 9.17) is 4.74 Å². The van der Waals surface area contributed by atoms with Crippen LogP contribution in [0.15, 0.2) is 48.5 Å². The Hall–Kier alpha value is -2.00. The Balaban J connectivity index is 1.52. The molecule has 1 fully saturated rings. The zero-order valence-electron chi connectivity index (χ0n) is 15.5. The van der Waals surface area contributed by atoms with Crippen molar-refractivity contribution in [3.63, 3.8) is 0 Å². The number of piperidine rings is 1. The van der Waals surface area contributed by atoms with E-state index in [1.54, 1.807) is 0 Å². The van der Waals surface area contributed by atoms with Crippen molar-refractivity contribution < 1.29 is 4.74 Å². The molecule has 1 heterocycles. The molecule has 0 radical (unpaired) electrons. The van der Waals surface area contributed by atoms with E-state index >= 15 is 0 Å². The third-order valence-electron chi connectivity index (χ3n) is 4.96. The van der Waals surface area contributed by atoms with E-state index in [0.29, 0.717) is 12.6 Å². The van der Waals surface area contributed by atoms with Gasteiger partial charge >= 0.3 is 0 Å². The normalized spacial score (nSPS) is 15.8. The minimum Gasteiger partial charge on any atom is -0.494 e. The summed E-state index contributed by atoms with van der Waals surface area (Å²) in [6, 6.07) is 17.7. The molecule has 1 aliphatic heterocycles.